The van der Waals surface area contributed by atoms with Crippen LogP contribution < -0.4 is 0 Å². The lowest BCUT2D eigenvalue weighted by Crippen LogP contribution is -2.29. The van der Waals surface area contributed by atoms with Crippen molar-refractivity contribution in [3.8, 4) is 0 Å². The van der Waals surface area contributed by atoms with Gasteiger partial charge in [0.15, 0.2) is 0 Å². The normalized spacial score (nSPS) is 11.9. The first kappa shape index (κ1) is 14.4. The maximum Gasteiger partial charge on any atom is 0.311 e. The predicted octanol–water partition coefficient (Wildman–Crippen LogP) is 2.31. The van der Waals surface area contributed by atoms with Gasteiger partial charge in [0.2, 0.25) is 0 Å². The molecule has 15 heavy (non-hydrogen) atoms. The van der Waals surface area contributed by atoms with Crippen molar-refractivity contribution >= 4 is 5.97 Å². The van der Waals surface area contributed by atoms with Crippen molar-refractivity contribution < 1.29 is 9.53 Å². The van der Waals surface area contributed by atoms with Crippen LogP contribution in [0.2, 0.25) is 0 Å². The molecule has 0 rings (SSSR count). The summed E-state index contributed by atoms with van der Waals surface area (Å²) in [7, 11) is 3.94. The first-order valence-corrected chi connectivity index (χ1v) is 5.72. The number of rotatable bonds is 7. The summed E-state index contributed by atoms with van der Waals surface area (Å²) < 4.78 is 5.23. The lowest BCUT2D eigenvalue weighted by molar-refractivity contribution is -0.154. The third-order valence-electron chi connectivity index (χ3n) is 2.48. The number of nitrogens with zero attached hydrogens (tertiary/aromatic N) is 1. The van der Waals surface area contributed by atoms with Gasteiger partial charge in [-0.3, -0.25) is 4.79 Å². The molecule has 0 aromatic carbocycles. The zero-order chi connectivity index (χ0) is 11.9. The quantitative estimate of drug-likeness (QED) is 0.610. The number of carbonyl (C=O) groups excluding carboxylic acids is 1. The van der Waals surface area contributed by atoms with E-state index in [1.165, 1.54) is 0 Å². The van der Waals surface area contributed by atoms with E-state index in [1.54, 1.807) is 0 Å². The van der Waals surface area contributed by atoms with E-state index in [0.29, 0.717) is 6.61 Å². The van der Waals surface area contributed by atoms with Gasteiger partial charge in [-0.25, -0.2) is 0 Å². The van der Waals surface area contributed by atoms with Gasteiger partial charge in [0.1, 0.15) is 6.61 Å². The summed E-state index contributed by atoms with van der Waals surface area (Å²) in [6, 6.07) is 0. The molecular formula is C12H25NO2. The minimum atomic E-state index is -0.331. The summed E-state index contributed by atoms with van der Waals surface area (Å²) in [4.78, 5) is 13.7. The Balaban J connectivity index is 3.85. The van der Waals surface area contributed by atoms with E-state index in [9.17, 15) is 4.79 Å². The second kappa shape index (κ2) is 6.83. The van der Waals surface area contributed by atoms with E-state index in [1.807, 2.05) is 32.8 Å². The smallest absolute Gasteiger partial charge is 0.311 e. The maximum atomic E-state index is 11.7. The van der Waals surface area contributed by atoms with Crippen LogP contribution in [0.3, 0.4) is 0 Å². The summed E-state index contributed by atoms with van der Waals surface area (Å²) >= 11 is 0. The standard InChI is InChI=1S/C12H25NO2/c1-6-7-8-12(2,3)11(14)15-10-9-13(4)5/h6-10H2,1-5H3. The highest BCUT2D eigenvalue weighted by atomic mass is 16.5. The monoisotopic (exact) mass is 215 g/mol. The first-order valence-electron chi connectivity index (χ1n) is 5.72. The molecule has 0 fully saturated rings. The second-order valence-corrected chi connectivity index (χ2v) is 4.93. The van der Waals surface area contributed by atoms with Gasteiger partial charge in [-0.1, -0.05) is 19.8 Å². The first-order chi connectivity index (χ1) is 6.90. The van der Waals surface area contributed by atoms with Crippen molar-refractivity contribution in [2.75, 3.05) is 27.2 Å². The number of likely N-dealkylation sites (N-methyl/N-ethyl adjacent to an activating group) is 1. The molecule has 0 aliphatic rings. The Labute approximate surface area is 93.8 Å². The third-order valence-corrected chi connectivity index (χ3v) is 2.48. The van der Waals surface area contributed by atoms with Gasteiger partial charge in [0.25, 0.3) is 0 Å². The lowest BCUT2D eigenvalue weighted by Gasteiger charge is -2.22. The summed E-state index contributed by atoms with van der Waals surface area (Å²) in [5.41, 5.74) is -0.331. The van der Waals surface area contributed by atoms with Crippen molar-refractivity contribution in [2.45, 2.75) is 40.0 Å². The lowest BCUT2D eigenvalue weighted by atomic mass is 9.87. The summed E-state index contributed by atoms with van der Waals surface area (Å²) in [5, 5.41) is 0. The van der Waals surface area contributed by atoms with Crippen LogP contribution in [0.5, 0.6) is 0 Å². The van der Waals surface area contributed by atoms with E-state index in [2.05, 4.69) is 6.92 Å². The molecule has 0 atom stereocenters. The van der Waals surface area contributed by atoms with E-state index in [-0.39, 0.29) is 11.4 Å². The average molecular weight is 215 g/mol. The van der Waals surface area contributed by atoms with Crippen LogP contribution in [0, 0.1) is 5.41 Å². The zero-order valence-corrected chi connectivity index (χ0v) is 10.8. The van der Waals surface area contributed by atoms with Gasteiger partial charge in [0.05, 0.1) is 5.41 Å². The highest BCUT2D eigenvalue weighted by Crippen LogP contribution is 2.24. The fourth-order valence-electron chi connectivity index (χ4n) is 1.24. The number of hydrogen-bond acceptors (Lipinski definition) is 3. The Hall–Kier alpha value is -0.570. The minimum absolute atomic E-state index is 0.0715. The molecular weight excluding hydrogens is 190 g/mol. The Bertz CT molecular complexity index is 188. The number of carbonyl (C=O) groups is 1. The summed E-state index contributed by atoms with van der Waals surface area (Å²) in [6.45, 7) is 7.33. The van der Waals surface area contributed by atoms with Gasteiger partial charge >= 0.3 is 5.97 Å². The van der Waals surface area contributed by atoms with Gasteiger partial charge in [-0.05, 0) is 34.4 Å². The zero-order valence-electron chi connectivity index (χ0n) is 10.8. The van der Waals surface area contributed by atoms with Crippen LogP contribution >= 0.6 is 0 Å². The highest BCUT2D eigenvalue weighted by molar-refractivity contribution is 5.75. The van der Waals surface area contributed by atoms with E-state index >= 15 is 0 Å². The maximum absolute atomic E-state index is 11.7. The van der Waals surface area contributed by atoms with Crippen LogP contribution in [0.1, 0.15) is 40.0 Å². The number of ether oxygens (including phenoxy) is 1. The van der Waals surface area contributed by atoms with Crippen LogP contribution in [0.25, 0.3) is 0 Å². The molecule has 0 spiro atoms. The van der Waals surface area contributed by atoms with E-state index in [4.69, 9.17) is 4.74 Å². The van der Waals surface area contributed by atoms with E-state index < -0.39 is 0 Å². The molecule has 0 aromatic rings. The number of unbranched alkanes of at least 4 members (excludes halogenated alkanes) is 1. The van der Waals surface area contributed by atoms with Crippen molar-refractivity contribution in [1.29, 1.82) is 0 Å². The van der Waals surface area contributed by atoms with Crippen molar-refractivity contribution in [2.24, 2.45) is 5.41 Å². The van der Waals surface area contributed by atoms with Crippen LogP contribution in [0.15, 0.2) is 0 Å². The van der Waals surface area contributed by atoms with Crippen molar-refractivity contribution in [1.82, 2.24) is 4.90 Å². The molecule has 0 saturated heterocycles. The molecule has 0 radical (unpaired) electrons. The molecule has 0 saturated carbocycles. The molecule has 0 bridgehead atoms. The molecule has 0 aromatic heterocycles. The fourth-order valence-corrected chi connectivity index (χ4v) is 1.24. The van der Waals surface area contributed by atoms with Crippen LogP contribution in [-0.4, -0.2) is 38.1 Å². The summed E-state index contributed by atoms with van der Waals surface area (Å²) in [5.74, 6) is -0.0715. The third kappa shape index (κ3) is 6.50. The Morgan fingerprint density at radius 2 is 1.93 bits per heavy atom. The Morgan fingerprint density at radius 3 is 2.40 bits per heavy atom. The molecule has 0 aliphatic heterocycles. The average Bonchev–Trinajstić information content (AvgIpc) is 2.14. The van der Waals surface area contributed by atoms with Crippen molar-refractivity contribution in [3.63, 3.8) is 0 Å². The molecule has 0 amide bonds. The summed E-state index contributed by atoms with van der Waals surface area (Å²) in [6.07, 6.45) is 3.11. The molecule has 0 heterocycles. The second-order valence-electron chi connectivity index (χ2n) is 4.93. The topological polar surface area (TPSA) is 29.5 Å². The SMILES string of the molecule is CCCCC(C)(C)C(=O)OCCN(C)C. The predicted molar refractivity (Wildman–Crippen MR) is 62.8 cm³/mol. The molecule has 3 heteroatoms. The van der Waals surface area contributed by atoms with Gasteiger partial charge in [-0.2, -0.15) is 0 Å². The molecule has 90 valence electrons. The minimum Gasteiger partial charge on any atom is -0.464 e. The largest absolute Gasteiger partial charge is 0.464 e. The van der Waals surface area contributed by atoms with Crippen LogP contribution in [-0.2, 0) is 9.53 Å². The molecule has 0 N–H and O–H groups in total. The van der Waals surface area contributed by atoms with E-state index in [0.717, 1.165) is 25.8 Å². The van der Waals surface area contributed by atoms with Gasteiger partial charge < -0.3 is 9.64 Å². The van der Waals surface area contributed by atoms with Gasteiger partial charge in [-0.15, -0.1) is 0 Å². The highest BCUT2D eigenvalue weighted by Gasteiger charge is 2.28. The molecule has 0 aliphatic carbocycles. The molecule has 0 unspecified atom stereocenters. The van der Waals surface area contributed by atoms with Crippen molar-refractivity contribution in [3.05, 3.63) is 0 Å². The number of esters is 1. The van der Waals surface area contributed by atoms with Crippen LogP contribution in [0.4, 0.5) is 0 Å². The number of hydrogen-bond donors (Lipinski definition) is 0. The Morgan fingerprint density at radius 1 is 1.33 bits per heavy atom. The fraction of sp³-hybridized carbons (Fsp3) is 0.917. The molecule has 3 nitrogen and oxygen atoms in total. The Kier molecular flexibility index (Phi) is 6.57. The van der Waals surface area contributed by atoms with Gasteiger partial charge in [0, 0.05) is 6.54 Å².